The Morgan fingerprint density at radius 2 is 1.76 bits per heavy atom. The van der Waals surface area contributed by atoms with Crippen LogP contribution in [0.25, 0.3) is 10.9 Å². The molecule has 29 heavy (non-hydrogen) atoms. The molecule has 0 radical (unpaired) electrons. The smallest absolute Gasteiger partial charge is 0.274 e. The summed E-state index contributed by atoms with van der Waals surface area (Å²) in [4.78, 5) is 13.5. The molecule has 2 aliphatic rings. The van der Waals surface area contributed by atoms with Crippen LogP contribution in [0, 0.1) is 0 Å². The van der Waals surface area contributed by atoms with Crippen molar-refractivity contribution >= 4 is 26.9 Å². The first-order chi connectivity index (χ1) is 13.8. The summed E-state index contributed by atoms with van der Waals surface area (Å²) in [5.41, 5.74) is 0.689. The quantitative estimate of drug-likeness (QED) is 0.644. The fraction of sp³-hybridized carbons (Fsp3) is 0.556. The summed E-state index contributed by atoms with van der Waals surface area (Å²) < 4.78 is 35.8. The van der Waals surface area contributed by atoms with Crippen molar-refractivity contribution in [1.29, 1.82) is 0 Å². The van der Waals surface area contributed by atoms with Gasteiger partial charge in [0.15, 0.2) is 11.5 Å². The van der Waals surface area contributed by atoms with E-state index in [0.717, 1.165) is 55.7 Å². The van der Waals surface area contributed by atoms with Gasteiger partial charge in [-0.25, -0.2) is 19.8 Å². The number of nitrogens with two attached hydrogens (primary N) is 1. The van der Waals surface area contributed by atoms with Crippen LogP contribution in [0.15, 0.2) is 18.5 Å². The molecule has 0 atom stereocenters. The molecule has 1 aromatic heterocycles. The van der Waals surface area contributed by atoms with Crippen LogP contribution in [0.3, 0.4) is 0 Å². The lowest BCUT2D eigenvalue weighted by molar-refractivity contribution is 0.167. The zero-order chi connectivity index (χ0) is 20.6. The van der Waals surface area contributed by atoms with Gasteiger partial charge in [-0.2, -0.15) is 8.42 Å². The number of piperazine rings is 1. The summed E-state index contributed by atoms with van der Waals surface area (Å²) in [6.07, 6.45) is 3.51. The number of hydrogen-bond donors (Lipinski definition) is 2. The molecule has 2 heterocycles. The van der Waals surface area contributed by atoms with E-state index in [1.165, 1.54) is 0 Å². The van der Waals surface area contributed by atoms with E-state index in [4.69, 9.17) is 14.6 Å². The number of anilines is 1. The maximum Gasteiger partial charge on any atom is 0.274 e. The highest BCUT2D eigenvalue weighted by molar-refractivity contribution is 7.87. The number of nitrogens with one attached hydrogen (secondary N) is 1. The van der Waals surface area contributed by atoms with Crippen LogP contribution < -0.4 is 24.2 Å². The lowest BCUT2D eigenvalue weighted by Gasteiger charge is -2.40. The van der Waals surface area contributed by atoms with Gasteiger partial charge >= 0.3 is 0 Å². The Hall–Kier alpha value is -2.21. The molecule has 0 unspecified atom stereocenters. The Labute approximate surface area is 170 Å². The van der Waals surface area contributed by atoms with Crippen LogP contribution >= 0.6 is 0 Å². The summed E-state index contributed by atoms with van der Waals surface area (Å²) in [5, 5.41) is 6.01. The van der Waals surface area contributed by atoms with Crippen molar-refractivity contribution in [3.8, 4) is 11.5 Å². The van der Waals surface area contributed by atoms with Gasteiger partial charge in [0.25, 0.3) is 10.2 Å². The van der Waals surface area contributed by atoms with Gasteiger partial charge in [-0.3, -0.25) is 4.90 Å². The van der Waals surface area contributed by atoms with Crippen molar-refractivity contribution in [2.45, 2.75) is 18.4 Å². The zero-order valence-corrected chi connectivity index (χ0v) is 17.4. The van der Waals surface area contributed by atoms with Crippen LogP contribution in [-0.4, -0.2) is 75.8 Å². The molecule has 1 saturated heterocycles. The SMILES string of the molecule is COc1cc2ncnc(N3CCN(C4(CNS(N)(=O)=O)CC4)CC3)c2cc1OC. The molecule has 2 fully saturated rings. The zero-order valence-electron chi connectivity index (χ0n) is 16.6. The first-order valence-electron chi connectivity index (χ1n) is 9.49. The Bertz CT molecular complexity index is 1000. The first kappa shape index (κ1) is 20.1. The molecule has 0 bridgehead atoms. The third-order valence-electron chi connectivity index (χ3n) is 5.80. The van der Waals surface area contributed by atoms with Crippen LogP contribution in [-0.2, 0) is 10.2 Å². The van der Waals surface area contributed by atoms with E-state index in [1.54, 1.807) is 20.5 Å². The highest BCUT2D eigenvalue weighted by atomic mass is 32.2. The topological polar surface area (TPSA) is 123 Å². The van der Waals surface area contributed by atoms with E-state index in [-0.39, 0.29) is 5.54 Å². The first-order valence-corrected chi connectivity index (χ1v) is 11.0. The van der Waals surface area contributed by atoms with E-state index >= 15 is 0 Å². The maximum absolute atomic E-state index is 11.3. The highest BCUT2D eigenvalue weighted by Crippen LogP contribution is 2.42. The van der Waals surface area contributed by atoms with Gasteiger partial charge in [-0.1, -0.05) is 0 Å². The molecule has 4 rings (SSSR count). The predicted octanol–water partition coefficient (Wildman–Crippen LogP) is 0.0947. The minimum absolute atomic E-state index is 0.108. The Balaban J connectivity index is 1.51. The molecule has 1 aliphatic carbocycles. The van der Waals surface area contributed by atoms with Crippen LogP contribution in [0.4, 0.5) is 5.82 Å². The molecule has 158 valence electrons. The average Bonchev–Trinajstić information content (AvgIpc) is 3.51. The summed E-state index contributed by atoms with van der Waals surface area (Å²) in [6, 6.07) is 3.77. The Morgan fingerprint density at radius 1 is 1.10 bits per heavy atom. The monoisotopic (exact) mass is 422 g/mol. The normalized spacial score (nSPS) is 19.3. The van der Waals surface area contributed by atoms with Gasteiger partial charge in [0.2, 0.25) is 0 Å². The average molecular weight is 423 g/mol. The molecule has 1 aromatic carbocycles. The summed E-state index contributed by atoms with van der Waals surface area (Å²) in [7, 11) is -0.464. The summed E-state index contributed by atoms with van der Waals surface area (Å²) in [5.74, 6) is 2.14. The number of aromatic nitrogens is 2. The fourth-order valence-electron chi connectivity index (χ4n) is 4.00. The summed E-state index contributed by atoms with van der Waals surface area (Å²) in [6.45, 7) is 3.59. The van der Waals surface area contributed by atoms with Crippen LogP contribution in [0.5, 0.6) is 11.5 Å². The van der Waals surface area contributed by atoms with Crippen molar-refractivity contribution in [2.75, 3.05) is 51.8 Å². The lowest BCUT2D eigenvalue weighted by atomic mass is 10.1. The highest BCUT2D eigenvalue weighted by Gasteiger charge is 2.48. The lowest BCUT2D eigenvalue weighted by Crippen LogP contribution is -2.55. The fourth-order valence-corrected chi connectivity index (χ4v) is 4.47. The van der Waals surface area contributed by atoms with E-state index in [1.807, 2.05) is 12.1 Å². The molecule has 10 nitrogen and oxygen atoms in total. The molecular formula is C18H26N6O4S. The number of methoxy groups -OCH3 is 2. The number of rotatable bonds is 7. The van der Waals surface area contributed by atoms with Crippen molar-refractivity contribution < 1.29 is 17.9 Å². The molecule has 2 aromatic rings. The minimum atomic E-state index is -3.67. The molecule has 11 heteroatoms. The third-order valence-corrected chi connectivity index (χ3v) is 6.35. The number of ether oxygens (including phenoxy) is 2. The molecule has 1 saturated carbocycles. The second kappa shape index (κ2) is 7.56. The van der Waals surface area contributed by atoms with Gasteiger partial charge in [0, 0.05) is 49.7 Å². The van der Waals surface area contributed by atoms with Crippen molar-refractivity contribution in [3.63, 3.8) is 0 Å². The minimum Gasteiger partial charge on any atom is -0.493 e. The van der Waals surface area contributed by atoms with Gasteiger partial charge in [0.1, 0.15) is 12.1 Å². The molecule has 0 spiro atoms. The van der Waals surface area contributed by atoms with E-state index in [9.17, 15) is 8.42 Å². The summed E-state index contributed by atoms with van der Waals surface area (Å²) >= 11 is 0. The molecular weight excluding hydrogens is 396 g/mol. The number of benzene rings is 1. The molecule has 0 amide bonds. The maximum atomic E-state index is 11.3. The largest absolute Gasteiger partial charge is 0.493 e. The van der Waals surface area contributed by atoms with Gasteiger partial charge in [-0.05, 0) is 18.9 Å². The Kier molecular flexibility index (Phi) is 5.23. The number of nitrogens with zero attached hydrogens (tertiary/aromatic N) is 4. The standard InChI is InChI=1S/C18H26N6O4S/c1-27-15-9-13-14(10-16(15)28-2)20-12-21-17(13)23-5-7-24(8-6-23)18(3-4-18)11-22-29(19,25)26/h9-10,12,22H,3-8,11H2,1-2H3,(H2,19,25,26). The van der Waals surface area contributed by atoms with Gasteiger partial charge < -0.3 is 14.4 Å². The predicted molar refractivity (Wildman–Crippen MR) is 110 cm³/mol. The second-order valence-corrected chi connectivity index (χ2v) is 8.86. The molecule has 1 aliphatic heterocycles. The van der Waals surface area contributed by atoms with Gasteiger partial charge in [0.05, 0.1) is 19.7 Å². The number of hydrogen-bond acceptors (Lipinski definition) is 8. The Morgan fingerprint density at radius 3 is 2.34 bits per heavy atom. The number of fused-ring (bicyclic) bond motifs is 1. The van der Waals surface area contributed by atoms with E-state index in [2.05, 4.69) is 24.5 Å². The van der Waals surface area contributed by atoms with E-state index < -0.39 is 10.2 Å². The van der Waals surface area contributed by atoms with Crippen LogP contribution in [0.1, 0.15) is 12.8 Å². The molecule has 3 N–H and O–H groups in total. The van der Waals surface area contributed by atoms with E-state index in [0.29, 0.717) is 18.0 Å². The second-order valence-electron chi connectivity index (χ2n) is 7.49. The van der Waals surface area contributed by atoms with Crippen molar-refractivity contribution in [2.24, 2.45) is 5.14 Å². The van der Waals surface area contributed by atoms with Crippen LogP contribution in [0.2, 0.25) is 0 Å². The van der Waals surface area contributed by atoms with Gasteiger partial charge in [-0.15, -0.1) is 0 Å². The third kappa shape index (κ3) is 4.08. The van der Waals surface area contributed by atoms with Crippen molar-refractivity contribution in [3.05, 3.63) is 18.5 Å². The van der Waals surface area contributed by atoms with Crippen molar-refractivity contribution in [1.82, 2.24) is 19.6 Å².